The number of aryl methyl sites for hydroxylation is 1. The highest BCUT2D eigenvalue weighted by Gasteiger charge is 2.24. The molecule has 0 spiro atoms. The van der Waals surface area contributed by atoms with Gasteiger partial charge in [0.25, 0.3) is 0 Å². The van der Waals surface area contributed by atoms with E-state index in [0.717, 1.165) is 61.4 Å². The number of para-hydroxylation sites is 1. The van der Waals surface area contributed by atoms with Crippen molar-refractivity contribution in [2.24, 2.45) is 0 Å². The zero-order chi connectivity index (χ0) is 24.8. The zero-order valence-electron chi connectivity index (χ0n) is 20.9. The fourth-order valence-electron chi connectivity index (χ4n) is 4.50. The van der Waals surface area contributed by atoms with E-state index >= 15 is 0 Å². The van der Waals surface area contributed by atoms with Crippen molar-refractivity contribution in [2.45, 2.75) is 58.9 Å². The Morgan fingerprint density at radius 1 is 1.20 bits per heavy atom. The summed E-state index contributed by atoms with van der Waals surface area (Å²) >= 11 is 0. The highest BCUT2D eigenvalue weighted by Crippen LogP contribution is 2.30. The molecule has 0 bridgehead atoms. The third-order valence-electron chi connectivity index (χ3n) is 6.42. The van der Waals surface area contributed by atoms with Crippen LogP contribution in [0.5, 0.6) is 5.75 Å². The van der Waals surface area contributed by atoms with Gasteiger partial charge in [0.05, 0.1) is 18.3 Å². The van der Waals surface area contributed by atoms with Crippen molar-refractivity contribution in [1.82, 2.24) is 19.5 Å². The van der Waals surface area contributed by atoms with E-state index in [0.29, 0.717) is 17.7 Å². The number of fused-ring (bicyclic) bond motifs is 1. The molecule has 0 unspecified atom stereocenters. The van der Waals surface area contributed by atoms with Gasteiger partial charge in [-0.2, -0.15) is 9.61 Å². The third-order valence-corrected chi connectivity index (χ3v) is 6.42. The van der Waals surface area contributed by atoms with E-state index in [1.165, 1.54) is 0 Å². The summed E-state index contributed by atoms with van der Waals surface area (Å²) in [5.74, 6) is 1.23. The van der Waals surface area contributed by atoms with Crippen LogP contribution < -0.4 is 5.32 Å². The summed E-state index contributed by atoms with van der Waals surface area (Å²) < 4.78 is 1.82. The van der Waals surface area contributed by atoms with Gasteiger partial charge in [-0.05, 0) is 50.3 Å². The number of rotatable bonds is 8. The van der Waals surface area contributed by atoms with Crippen LogP contribution in [0.3, 0.4) is 0 Å². The van der Waals surface area contributed by atoms with Crippen LogP contribution in [-0.4, -0.2) is 49.6 Å². The number of piperidine rings is 1. The molecule has 1 aromatic carbocycles. The molecule has 1 aliphatic heterocycles. The highest BCUT2D eigenvalue weighted by molar-refractivity contribution is 5.79. The zero-order valence-corrected chi connectivity index (χ0v) is 20.9. The van der Waals surface area contributed by atoms with Gasteiger partial charge in [-0.25, -0.2) is 4.98 Å². The largest absolute Gasteiger partial charge is 0.507 e. The van der Waals surface area contributed by atoms with E-state index in [2.05, 4.69) is 42.5 Å². The fraction of sp³-hybridized carbons (Fsp3) is 0.393. The lowest BCUT2D eigenvalue weighted by atomic mass is 10.0. The van der Waals surface area contributed by atoms with E-state index in [4.69, 9.17) is 4.98 Å². The Morgan fingerprint density at radius 3 is 2.69 bits per heavy atom. The average molecular weight is 474 g/mol. The number of allylic oxidation sites excluding steroid dienone is 3. The standard InChI is InChI=1S/C28H35N5O2/c1-4-6-10-21(9-5-2)17-27(35)32-15-13-22(14-16-32)30-26-18-24(23-11-7-8-12-25(23)34)31-28-20(3)19-29-33(26)28/h6-12,18-19,22,30,34H,4-5,13-17H2,1-3H3/b10-6-,21-9+. The summed E-state index contributed by atoms with van der Waals surface area (Å²) in [5, 5.41) is 18.5. The van der Waals surface area contributed by atoms with Gasteiger partial charge in [-0.3, -0.25) is 4.79 Å². The predicted molar refractivity (Wildman–Crippen MR) is 140 cm³/mol. The second kappa shape index (κ2) is 11.2. The van der Waals surface area contributed by atoms with Crippen LogP contribution in [0.25, 0.3) is 16.9 Å². The third kappa shape index (κ3) is 5.73. The Hall–Kier alpha value is -3.61. The smallest absolute Gasteiger partial charge is 0.226 e. The number of hydrogen-bond acceptors (Lipinski definition) is 5. The molecule has 184 valence electrons. The minimum Gasteiger partial charge on any atom is -0.507 e. The van der Waals surface area contributed by atoms with Crippen LogP contribution in [0.4, 0.5) is 5.82 Å². The van der Waals surface area contributed by atoms with Crippen molar-refractivity contribution < 1.29 is 9.90 Å². The maximum absolute atomic E-state index is 12.9. The van der Waals surface area contributed by atoms with E-state index in [-0.39, 0.29) is 17.7 Å². The van der Waals surface area contributed by atoms with Crippen molar-refractivity contribution in [1.29, 1.82) is 0 Å². The first-order chi connectivity index (χ1) is 17.0. The van der Waals surface area contributed by atoms with Gasteiger partial charge in [0, 0.05) is 36.3 Å². The van der Waals surface area contributed by atoms with Gasteiger partial charge < -0.3 is 15.3 Å². The number of amides is 1. The maximum Gasteiger partial charge on any atom is 0.226 e. The molecule has 7 heteroatoms. The van der Waals surface area contributed by atoms with Gasteiger partial charge in [0.2, 0.25) is 5.91 Å². The topological polar surface area (TPSA) is 82.8 Å². The molecule has 0 aliphatic carbocycles. The van der Waals surface area contributed by atoms with Crippen LogP contribution >= 0.6 is 0 Å². The average Bonchev–Trinajstić information content (AvgIpc) is 3.24. The van der Waals surface area contributed by atoms with Gasteiger partial charge in [-0.1, -0.05) is 44.2 Å². The molecule has 3 heterocycles. The molecule has 1 aliphatic rings. The van der Waals surface area contributed by atoms with Crippen LogP contribution in [0, 0.1) is 6.92 Å². The molecule has 0 atom stereocenters. The van der Waals surface area contributed by atoms with Crippen LogP contribution in [0.1, 0.15) is 51.5 Å². The SMILES string of the molecule is CC/C=C\C(=C/CC)CC(=O)N1CCC(Nc2cc(-c3ccccc3O)nc3c(C)cnn23)CC1. The Balaban J connectivity index is 1.46. The molecule has 2 aromatic heterocycles. The molecule has 35 heavy (non-hydrogen) atoms. The van der Waals surface area contributed by atoms with Gasteiger partial charge in [-0.15, -0.1) is 0 Å². The first-order valence-electron chi connectivity index (χ1n) is 12.5. The first-order valence-corrected chi connectivity index (χ1v) is 12.5. The van der Waals surface area contributed by atoms with E-state index in [1.54, 1.807) is 18.3 Å². The van der Waals surface area contributed by atoms with Crippen molar-refractivity contribution in [2.75, 3.05) is 18.4 Å². The minimum absolute atomic E-state index is 0.194. The fourth-order valence-corrected chi connectivity index (χ4v) is 4.50. The van der Waals surface area contributed by atoms with Crippen LogP contribution in [0.2, 0.25) is 0 Å². The number of aromatic hydroxyl groups is 1. The van der Waals surface area contributed by atoms with Crippen LogP contribution in [-0.2, 0) is 4.79 Å². The quantitative estimate of drug-likeness (QED) is 0.422. The molecule has 7 nitrogen and oxygen atoms in total. The Bertz CT molecular complexity index is 1240. The molecule has 0 radical (unpaired) electrons. The summed E-state index contributed by atoms with van der Waals surface area (Å²) in [7, 11) is 0. The summed E-state index contributed by atoms with van der Waals surface area (Å²) in [6.45, 7) is 7.64. The van der Waals surface area contributed by atoms with Crippen molar-refractivity contribution in [3.63, 3.8) is 0 Å². The number of nitrogens with one attached hydrogen (secondary N) is 1. The number of anilines is 1. The highest BCUT2D eigenvalue weighted by atomic mass is 16.3. The Labute approximate surface area is 207 Å². The summed E-state index contributed by atoms with van der Waals surface area (Å²) in [6, 6.07) is 9.39. The number of phenolic OH excluding ortho intramolecular Hbond substituents is 1. The van der Waals surface area contributed by atoms with Gasteiger partial charge in [0.1, 0.15) is 11.6 Å². The number of likely N-dealkylation sites (tertiary alicyclic amines) is 1. The number of carbonyl (C=O) groups is 1. The number of nitrogens with zero attached hydrogens (tertiary/aromatic N) is 4. The van der Waals surface area contributed by atoms with Gasteiger partial charge in [0.15, 0.2) is 5.65 Å². The lowest BCUT2D eigenvalue weighted by Crippen LogP contribution is -2.42. The lowest BCUT2D eigenvalue weighted by Gasteiger charge is -2.33. The second-order valence-electron chi connectivity index (χ2n) is 9.08. The number of benzene rings is 1. The number of hydrogen-bond donors (Lipinski definition) is 2. The summed E-state index contributed by atoms with van der Waals surface area (Å²) in [6.07, 6.45) is 12.2. The first kappa shape index (κ1) is 24.5. The number of aromatic nitrogens is 3. The molecular weight excluding hydrogens is 438 g/mol. The van der Waals surface area contributed by atoms with Crippen molar-refractivity contribution in [3.8, 4) is 17.0 Å². The molecule has 1 amide bonds. The molecule has 0 saturated carbocycles. The van der Waals surface area contributed by atoms with Crippen LogP contribution in [0.15, 0.2) is 60.3 Å². The molecule has 4 rings (SSSR count). The van der Waals surface area contributed by atoms with Crippen molar-refractivity contribution >= 4 is 17.4 Å². The lowest BCUT2D eigenvalue weighted by molar-refractivity contribution is -0.131. The Morgan fingerprint density at radius 2 is 1.97 bits per heavy atom. The Kier molecular flexibility index (Phi) is 7.85. The number of phenols is 1. The van der Waals surface area contributed by atoms with E-state index < -0.39 is 0 Å². The van der Waals surface area contributed by atoms with E-state index in [9.17, 15) is 9.90 Å². The van der Waals surface area contributed by atoms with Crippen molar-refractivity contribution in [3.05, 3.63) is 65.9 Å². The molecule has 1 fully saturated rings. The molecule has 1 saturated heterocycles. The second-order valence-corrected chi connectivity index (χ2v) is 9.08. The summed E-state index contributed by atoms with van der Waals surface area (Å²) in [4.78, 5) is 19.6. The normalized spacial score (nSPS) is 15.3. The maximum atomic E-state index is 12.9. The van der Waals surface area contributed by atoms with E-state index in [1.807, 2.05) is 34.5 Å². The number of carbonyl (C=O) groups excluding carboxylic acids is 1. The molecule has 2 N–H and O–H groups in total. The predicted octanol–water partition coefficient (Wildman–Crippen LogP) is 5.51. The minimum atomic E-state index is 0.194. The molecular formula is C28H35N5O2. The monoisotopic (exact) mass is 473 g/mol. The molecule has 3 aromatic rings. The van der Waals surface area contributed by atoms with Gasteiger partial charge >= 0.3 is 0 Å². The summed E-state index contributed by atoms with van der Waals surface area (Å²) in [5.41, 5.74) is 4.22.